The number of alkyl halides is 2. The molecule has 8 nitrogen and oxygen atoms in total. The van der Waals surface area contributed by atoms with Gasteiger partial charge in [0.15, 0.2) is 0 Å². The number of aromatic nitrogens is 1. The van der Waals surface area contributed by atoms with Crippen LogP contribution in [0.2, 0.25) is 5.02 Å². The number of carbonyl (C=O) groups is 2. The average molecular weight is 463 g/mol. The first kappa shape index (κ1) is 22.8. The Morgan fingerprint density at radius 1 is 1.00 bits per heavy atom. The quantitative estimate of drug-likeness (QED) is 0.451. The highest BCUT2D eigenvalue weighted by molar-refractivity contribution is 6.31. The number of anilines is 2. The SMILES string of the molecule is CNC(=O)c1cc(Oc2ccc(NC(=O)Nc3cc(Cl)ccc3OC(F)F)cc2)ccn1. The van der Waals surface area contributed by atoms with Gasteiger partial charge in [0.05, 0.1) is 5.69 Å². The molecule has 0 bridgehead atoms. The second-order valence-electron chi connectivity index (χ2n) is 6.18. The van der Waals surface area contributed by atoms with Crippen molar-refractivity contribution in [3.63, 3.8) is 0 Å². The summed E-state index contributed by atoms with van der Waals surface area (Å²) in [6.45, 7) is -3.06. The van der Waals surface area contributed by atoms with Crippen molar-refractivity contribution in [1.29, 1.82) is 0 Å². The molecule has 0 aliphatic heterocycles. The Hall–Kier alpha value is -3.92. The molecule has 0 aliphatic carbocycles. The summed E-state index contributed by atoms with van der Waals surface area (Å²) in [5.41, 5.74) is 0.602. The van der Waals surface area contributed by atoms with Crippen molar-refractivity contribution in [3.05, 3.63) is 71.5 Å². The van der Waals surface area contributed by atoms with Gasteiger partial charge in [0.1, 0.15) is 22.9 Å². The molecular weight excluding hydrogens is 446 g/mol. The minimum atomic E-state index is -3.06. The number of pyridine rings is 1. The van der Waals surface area contributed by atoms with Gasteiger partial charge in [-0.2, -0.15) is 8.78 Å². The van der Waals surface area contributed by atoms with Gasteiger partial charge in [0, 0.05) is 30.0 Å². The Morgan fingerprint density at radius 2 is 1.75 bits per heavy atom. The normalized spacial score (nSPS) is 10.4. The van der Waals surface area contributed by atoms with Crippen LogP contribution in [0, 0.1) is 0 Å². The molecule has 0 spiro atoms. The molecule has 11 heteroatoms. The molecule has 0 saturated heterocycles. The van der Waals surface area contributed by atoms with Crippen LogP contribution in [0.15, 0.2) is 60.8 Å². The van der Waals surface area contributed by atoms with Gasteiger partial charge in [-0.1, -0.05) is 11.6 Å². The van der Waals surface area contributed by atoms with E-state index in [0.29, 0.717) is 17.2 Å². The number of rotatable bonds is 7. The fourth-order valence-electron chi connectivity index (χ4n) is 2.55. The van der Waals surface area contributed by atoms with Gasteiger partial charge in [-0.15, -0.1) is 0 Å². The molecule has 3 rings (SSSR count). The lowest BCUT2D eigenvalue weighted by Crippen LogP contribution is -2.20. The Morgan fingerprint density at radius 3 is 2.44 bits per heavy atom. The van der Waals surface area contributed by atoms with E-state index < -0.39 is 12.6 Å². The second kappa shape index (κ2) is 10.4. The molecule has 0 radical (unpaired) electrons. The summed E-state index contributed by atoms with van der Waals surface area (Å²) in [6, 6.07) is 12.6. The number of ether oxygens (including phenoxy) is 2. The van der Waals surface area contributed by atoms with Crippen LogP contribution in [-0.2, 0) is 0 Å². The Kier molecular flexibility index (Phi) is 7.40. The third-order valence-electron chi connectivity index (χ3n) is 3.94. The maximum atomic E-state index is 12.5. The summed E-state index contributed by atoms with van der Waals surface area (Å²) in [7, 11) is 1.50. The molecule has 0 atom stereocenters. The van der Waals surface area contributed by atoms with E-state index in [1.165, 1.54) is 37.5 Å². The van der Waals surface area contributed by atoms with Crippen LogP contribution in [0.4, 0.5) is 25.0 Å². The average Bonchev–Trinajstić information content (AvgIpc) is 2.76. The number of amides is 3. The molecule has 1 heterocycles. The molecular formula is C21H17ClF2N4O4. The highest BCUT2D eigenvalue weighted by Crippen LogP contribution is 2.30. The van der Waals surface area contributed by atoms with E-state index in [9.17, 15) is 18.4 Å². The summed E-state index contributed by atoms with van der Waals surface area (Å²) in [5, 5.41) is 7.68. The molecule has 2 aromatic carbocycles. The highest BCUT2D eigenvalue weighted by atomic mass is 35.5. The monoisotopic (exact) mass is 462 g/mol. The van der Waals surface area contributed by atoms with Crippen molar-refractivity contribution in [2.45, 2.75) is 6.61 Å². The minimum Gasteiger partial charge on any atom is -0.457 e. The predicted molar refractivity (Wildman–Crippen MR) is 115 cm³/mol. The lowest BCUT2D eigenvalue weighted by Gasteiger charge is -2.13. The van der Waals surface area contributed by atoms with Crippen LogP contribution in [0.25, 0.3) is 0 Å². The van der Waals surface area contributed by atoms with E-state index >= 15 is 0 Å². The number of nitrogens with zero attached hydrogens (tertiary/aromatic N) is 1. The molecule has 1 aromatic heterocycles. The van der Waals surface area contributed by atoms with Crippen molar-refractivity contribution < 1.29 is 27.8 Å². The number of carbonyl (C=O) groups excluding carboxylic acids is 2. The molecule has 32 heavy (non-hydrogen) atoms. The van der Waals surface area contributed by atoms with Crippen molar-refractivity contribution in [1.82, 2.24) is 10.3 Å². The van der Waals surface area contributed by atoms with E-state index in [1.807, 2.05) is 0 Å². The fraction of sp³-hybridized carbons (Fsp3) is 0.0952. The van der Waals surface area contributed by atoms with Crippen LogP contribution in [0.1, 0.15) is 10.5 Å². The number of urea groups is 1. The first-order chi connectivity index (χ1) is 15.3. The van der Waals surface area contributed by atoms with Crippen molar-refractivity contribution in [3.8, 4) is 17.2 Å². The van der Waals surface area contributed by atoms with Crippen molar-refractivity contribution in [2.24, 2.45) is 0 Å². The highest BCUT2D eigenvalue weighted by Gasteiger charge is 2.13. The smallest absolute Gasteiger partial charge is 0.387 e. The summed E-state index contributed by atoms with van der Waals surface area (Å²) in [5.74, 6) is 0.289. The lowest BCUT2D eigenvalue weighted by molar-refractivity contribution is -0.0493. The van der Waals surface area contributed by atoms with E-state index in [2.05, 4.69) is 25.7 Å². The largest absolute Gasteiger partial charge is 0.457 e. The predicted octanol–water partition coefficient (Wildman–Crippen LogP) is 5.13. The van der Waals surface area contributed by atoms with Crippen LogP contribution >= 0.6 is 11.6 Å². The summed E-state index contributed by atoms with van der Waals surface area (Å²) < 4.78 is 35.1. The molecule has 3 N–H and O–H groups in total. The van der Waals surface area contributed by atoms with Gasteiger partial charge in [0.25, 0.3) is 5.91 Å². The van der Waals surface area contributed by atoms with Crippen LogP contribution in [0.5, 0.6) is 17.2 Å². The van der Waals surface area contributed by atoms with E-state index in [4.69, 9.17) is 16.3 Å². The number of hydrogen-bond donors (Lipinski definition) is 3. The van der Waals surface area contributed by atoms with E-state index in [1.54, 1.807) is 30.3 Å². The number of halogens is 3. The fourth-order valence-corrected chi connectivity index (χ4v) is 2.72. The van der Waals surface area contributed by atoms with Gasteiger partial charge in [-0.05, 0) is 48.5 Å². The zero-order valence-corrected chi connectivity index (χ0v) is 17.3. The Labute approximate surface area is 186 Å². The number of nitrogens with one attached hydrogen (secondary N) is 3. The lowest BCUT2D eigenvalue weighted by atomic mass is 10.3. The zero-order chi connectivity index (χ0) is 23.1. The van der Waals surface area contributed by atoms with Gasteiger partial charge in [0.2, 0.25) is 0 Å². The molecule has 0 aliphatic rings. The number of benzene rings is 2. The first-order valence-corrected chi connectivity index (χ1v) is 9.50. The maximum absolute atomic E-state index is 12.5. The van der Waals surface area contributed by atoms with Gasteiger partial charge >= 0.3 is 12.6 Å². The Balaban J connectivity index is 1.63. The summed E-state index contributed by atoms with van der Waals surface area (Å²) in [6.07, 6.45) is 1.45. The van der Waals surface area contributed by atoms with Gasteiger partial charge < -0.3 is 25.4 Å². The van der Waals surface area contributed by atoms with Gasteiger partial charge in [-0.25, -0.2) is 4.79 Å². The van der Waals surface area contributed by atoms with Crippen LogP contribution in [0.3, 0.4) is 0 Å². The molecule has 3 amide bonds. The standard InChI is InChI=1S/C21H17ClF2N4O4/c1-25-19(29)17-11-15(8-9-26-17)31-14-5-3-13(4-6-14)27-21(30)28-16-10-12(22)2-7-18(16)32-20(23)24/h2-11,20H,1H3,(H,25,29)(H2,27,28,30). The third kappa shape index (κ3) is 6.29. The molecule has 0 fully saturated rings. The summed E-state index contributed by atoms with van der Waals surface area (Å²) in [4.78, 5) is 27.9. The Bertz CT molecular complexity index is 1110. The third-order valence-corrected chi connectivity index (χ3v) is 4.18. The maximum Gasteiger partial charge on any atom is 0.387 e. The van der Waals surface area contributed by atoms with Crippen LogP contribution in [-0.4, -0.2) is 30.6 Å². The van der Waals surface area contributed by atoms with E-state index in [-0.39, 0.29) is 28.1 Å². The molecule has 3 aromatic rings. The minimum absolute atomic E-state index is 0.0140. The topological polar surface area (TPSA) is 102 Å². The van der Waals surface area contributed by atoms with Crippen LogP contribution < -0.4 is 25.4 Å². The molecule has 166 valence electrons. The van der Waals surface area contributed by atoms with E-state index in [0.717, 1.165) is 0 Å². The van der Waals surface area contributed by atoms with Crippen molar-refractivity contribution >= 4 is 34.9 Å². The summed E-state index contributed by atoms with van der Waals surface area (Å²) >= 11 is 5.86. The molecule has 0 saturated carbocycles. The number of hydrogen-bond acceptors (Lipinski definition) is 5. The first-order valence-electron chi connectivity index (χ1n) is 9.12. The molecule has 0 unspecified atom stereocenters. The van der Waals surface area contributed by atoms with Crippen molar-refractivity contribution in [2.75, 3.05) is 17.7 Å². The second-order valence-corrected chi connectivity index (χ2v) is 6.62. The van der Waals surface area contributed by atoms with Gasteiger partial charge in [-0.3, -0.25) is 9.78 Å². The zero-order valence-electron chi connectivity index (χ0n) is 16.6.